The Morgan fingerprint density at radius 2 is 1.67 bits per heavy atom. The van der Waals surface area contributed by atoms with Crippen molar-refractivity contribution in [2.75, 3.05) is 4.72 Å². The number of hydrogen-bond donors (Lipinski definition) is 1. The third-order valence-corrected chi connectivity index (χ3v) is 4.89. The molecule has 0 bridgehead atoms. The number of hydrogen-bond acceptors (Lipinski definition) is 4. The van der Waals surface area contributed by atoms with Crippen LogP contribution in [0.1, 0.15) is 0 Å². The summed E-state index contributed by atoms with van der Waals surface area (Å²) in [5.74, 6) is 0. The number of anilines is 1. The molecule has 0 aliphatic rings. The van der Waals surface area contributed by atoms with Gasteiger partial charge >= 0.3 is 0 Å². The van der Waals surface area contributed by atoms with Gasteiger partial charge in [0, 0.05) is 17.8 Å². The SMILES string of the molecule is O=[N+]([O-])c1ccc(NS(=O)(=O)c2cccc(Cl)c2Cl)cc1. The molecule has 9 heteroatoms. The Balaban J connectivity index is 2.33. The molecular formula is C12H8Cl2N2O4S. The molecule has 0 saturated heterocycles. The summed E-state index contributed by atoms with van der Waals surface area (Å²) < 4.78 is 26.7. The molecule has 2 aromatic carbocycles. The lowest BCUT2D eigenvalue weighted by Crippen LogP contribution is -2.13. The largest absolute Gasteiger partial charge is 0.280 e. The molecule has 0 amide bonds. The monoisotopic (exact) mass is 346 g/mol. The number of nitro benzene ring substituents is 1. The van der Waals surface area contributed by atoms with Gasteiger partial charge in [-0.25, -0.2) is 8.42 Å². The van der Waals surface area contributed by atoms with Crippen molar-refractivity contribution in [1.82, 2.24) is 0 Å². The highest BCUT2D eigenvalue weighted by atomic mass is 35.5. The predicted molar refractivity (Wildman–Crippen MR) is 80.4 cm³/mol. The van der Waals surface area contributed by atoms with Crippen LogP contribution < -0.4 is 4.72 Å². The average molecular weight is 347 g/mol. The molecule has 0 aliphatic heterocycles. The molecule has 0 aromatic heterocycles. The van der Waals surface area contributed by atoms with Crippen LogP contribution in [-0.2, 0) is 10.0 Å². The van der Waals surface area contributed by atoms with Crippen LogP contribution in [0.5, 0.6) is 0 Å². The second kappa shape index (κ2) is 5.88. The van der Waals surface area contributed by atoms with Crippen LogP contribution in [0.3, 0.4) is 0 Å². The van der Waals surface area contributed by atoms with Gasteiger partial charge in [0.1, 0.15) is 4.90 Å². The Morgan fingerprint density at radius 1 is 1.05 bits per heavy atom. The van der Waals surface area contributed by atoms with Crippen LogP contribution in [0.15, 0.2) is 47.4 Å². The molecule has 0 saturated carbocycles. The van der Waals surface area contributed by atoms with Gasteiger partial charge in [0.15, 0.2) is 0 Å². The number of rotatable bonds is 4. The van der Waals surface area contributed by atoms with Gasteiger partial charge in [-0.3, -0.25) is 14.8 Å². The quantitative estimate of drug-likeness (QED) is 0.674. The van der Waals surface area contributed by atoms with Gasteiger partial charge in [-0.2, -0.15) is 0 Å². The number of non-ortho nitro benzene ring substituents is 1. The standard InChI is InChI=1S/C12H8Cl2N2O4S/c13-10-2-1-3-11(12(10)14)21(19,20)15-8-4-6-9(7-5-8)16(17)18/h1-7,15H. The molecule has 0 fully saturated rings. The first-order chi connectivity index (χ1) is 9.81. The summed E-state index contributed by atoms with van der Waals surface area (Å²) in [6.07, 6.45) is 0. The molecule has 0 heterocycles. The maximum absolute atomic E-state index is 12.2. The minimum Gasteiger partial charge on any atom is -0.280 e. The lowest BCUT2D eigenvalue weighted by Gasteiger charge is -2.10. The maximum Gasteiger partial charge on any atom is 0.269 e. The van der Waals surface area contributed by atoms with Crippen LogP contribution in [0.2, 0.25) is 10.0 Å². The summed E-state index contributed by atoms with van der Waals surface area (Å²) in [5.41, 5.74) is 0.0374. The predicted octanol–water partition coefficient (Wildman–Crippen LogP) is 3.70. The van der Waals surface area contributed by atoms with E-state index < -0.39 is 14.9 Å². The zero-order valence-electron chi connectivity index (χ0n) is 10.3. The molecule has 0 atom stereocenters. The van der Waals surface area contributed by atoms with Gasteiger partial charge in [0.25, 0.3) is 15.7 Å². The zero-order chi connectivity index (χ0) is 15.6. The normalized spacial score (nSPS) is 11.1. The number of nitrogens with one attached hydrogen (secondary N) is 1. The van der Waals surface area contributed by atoms with Crippen molar-refractivity contribution in [3.05, 3.63) is 62.6 Å². The van der Waals surface area contributed by atoms with Gasteiger partial charge in [-0.15, -0.1) is 0 Å². The van der Waals surface area contributed by atoms with Crippen LogP contribution in [0, 0.1) is 10.1 Å². The first-order valence-corrected chi connectivity index (χ1v) is 7.76. The van der Waals surface area contributed by atoms with E-state index in [9.17, 15) is 18.5 Å². The zero-order valence-corrected chi connectivity index (χ0v) is 12.6. The van der Waals surface area contributed by atoms with E-state index in [1.807, 2.05) is 0 Å². The molecule has 0 unspecified atom stereocenters. The van der Waals surface area contributed by atoms with E-state index in [0.717, 1.165) is 0 Å². The Morgan fingerprint density at radius 3 is 2.24 bits per heavy atom. The number of sulfonamides is 1. The minimum absolute atomic E-state index is 0.0893. The summed E-state index contributed by atoms with van der Waals surface area (Å²) in [6, 6.07) is 9.19. The van der Waals surface area contributed by atoms with E-state index in [1.165, 1.54) is 42.5 Å². The second-order valence-electron chi connectivity index (χ2n) is 3.96. The average Bonchev–Trinajstić information content (AvgIpc) is 2.41. The number of halogens is 2. The number of nitro groups is 1. The molecular weight excluding hydrogens is 339 g/mol. The Hall–Kier alpha value is -1.83. The van der Waals surface area contributed by atoms with Crippen molar-refractivity contribution in [1.29, 1.82) is 0 Å². The third kappa shape index (κ3) is 3.44. The highest BCUT2D eigenvalue weighted by Gasteiger charge is 2.19. The van der Waals surface area contributed by atoms with Crippen LogP contribution in [0.4, 0.5) is 11.4 Å². The van der Waals surface area contributed by atoms with E-state index in [2.05, 4.69) is 4.72 Å². The molecule has 2 aromatic rings. The van der Waals surface area contributed by atoms with Gasteiger partial charge in [-0.05, 0) is 24.3 Å². The first-order valence-electron chi connectivity index (χ1n) is 5.52. The number of nitrogens with zero attached hydrogens (tertiary/aromatic N) is 1. The summed E-state index contributed by atoms with van der Waals surface area (Å²) >= 11 is 11.6. The molecule has 0 aliphatic carbocycles. The van der Waals surface area contributed by atoms with E-state index >= 15 is 0 Å². The van der Waals surface area contributed by atoms with Crippen LogP contribution >= 0.6 is 23.2 Å². The van der Waals surface area contributed by atoms with Crippen molar-refractivity contribution in [3.8, 4) is 0 Å². The molecule has 2 rings (SSSR count). The summed E-state index contributed by atoms with van der Waals surface area (Å²) in [6.45, 7) is 0. The molecule has 0 radical (unpaired) electrons. The smallest absolute Gasteiger partial charge is 0.269 e. The summed E-state index contributed by atoms with van der Waals surface area (Å²) in [4.78, 5) is 9.79. The topological polar surface area (TPSA) is 89.3 Å². The molecule has 0 spiro atoms. The van der Waals surface area contributed by atoms with Crippen LogP contribution in [0.25, 0.3) is 0 Å². The minimum atomic E-state index is -3.94. The van der Waals surface area contributed by atoms with Gasteiger partial charge < -0.3 is 0 Å². The lowest BCUT2D eigenvalue weighted by molar-refractivity contribution is -0.384. The highest BCUT2D eigenvalue weighted by molar-refractivity contribution is 7.92. The van der Waals surface area contributed by atoms with Crippen molar-refractivity contribution in [2.45, 2.75) is 4.90 Å². The fraction of sp³-hybridized carbons (Fsp3) is 0. The Bertz CT molecular complexity index is 791. The third-order valence-electron chi connectivity index (χ3n) is 2.54. The Kier molecular flexibility index (Phi) is 4.36. The number of benzene rings is 2. The van der Waals surface area contributed by atoms with E-state index in [-0.39, 0.29) is 26.3 Å². The van der Waals surface area contributed by atoms with Crippen molar-refractivity contribution >= 4 is 44.6 Å². The Labute approximate surface area is 130 Å². The molecule has 110 valence electrons. The van der Waals surface area contributed by atoms with Crippen molar-refractivity contribution in [3.63, 3.8) is 0 Å². The fourth-order valence-corrected chi connectivity index (χ4v) is 3.37. The highest BCUT2D eigenvalue weighted by Crippen LogP contribution is 2.30. The molecule has 21 heavy (non-hydrogen) atoms. The molecule has 1 N–H and O–H groups in total. The lowest BCUT2D eigenvalue weighted by atomic mass is 10.3. The van der Waals surface area contributed by atoms with Gasteiger partial charge in [0.2, 0.25) is 0 Å². The van der Waals surface area contributed by atoms with Gasteiger partial charge in [0.05, 0.1) is 15.0 Å². The summed E-state index contributed by atoms with van der Waals surface area (Å²) in [5, 5.41) is 10.6. The van der Waals surface area contributed by atoms with E-state index in [4.69, 9.17) is 23.2 Å². The summed E-state index contributed by atoms with van der Waals surface area (Å²) in [7, 11) is -3.94. The van der Waals surface area contributed by atoms with Crippen LogP contribution in [-0.4, -0.2) is 13.3 Å². The first kappa shape index (κ1) is 15.6. The van der Waals surface area contributed by atoms with Gasteiger partial charge in [-0.1, -0.05) is 29.3 Å². The van der Waals surface area contributed by atoms with E-state index in [0.29, 0.717) is 0 Å². The fourth-order valence-electron chi connectivity index (χ4n) is 1.55. The second-order valence-corrected chi connectivity index (χ2v) is 6.40. The molecule has 6 nitrogen and oxygen atoms in total. The van der Waals surface area contributed by atoms with Crippen molar-refractivity contribution < 1.29 is 13.3 Å². The maximum atomic E-state index is 12.2. The van der Waals surface area contributed by atoms with Crippen molar-refractivity contribution in [2.24, 2.45) is 0 Å². The van der Waals surface area contributed by atoms with E-state index in [1.54, 1.807) is 0 Å².